The van der Waals surface area contributed by atoms with E-state index in [4.69, 9.17) is 9.63 Å². The van der Waals surface area contributed by atoms with Gasteiger partial charge in [-0.15, -0.1) is 10.2 Å². The van der Waals surface area contributed by atoms with Crippen LogP contribution < -0.4 is 9.80 Å². The molecule has 0 atom stereocenters. The highest BCUT2D eigenvalue weighted by atomic mass is 16.5. The van der Waals surface area contributed by atoms with Crippen LogP contribution in [0.5, 0.6) is 0 Å². The average Bonchev–Trinajstić information content (AvgIpc) is 3.15. The van der Waals surface area contributed by atoms with Crippen molar-refractivity contribution < 1.29 is 14.4 Å². The van der Waals surface area contributed by atoms with Crippen LogP contribution in [-0.4, -0.2) is 102 Å². The third-order valence-corrected chi connectivity index (χ3v) is 6.48. The van der Waals surface area contributed by atoms with Gasteiger partial charge in [0.15, 0.2) is 11.6 Å². The normalized spacial score (nSPS) is 17.8. The van der Waals surface area contributed by atoms with Gasteiger partial charge in [-0.2, -0.15) is 0 Å². The van der Waals surface area contributed by atoms with Crippen molar-refractivity contribution in [3.63, 3.8) is 0 Å². The number of piperazine rings is 2. The lowest BCUT2D eigenvalue weighted by Crippen LogP contribution is -2.49. The van der Waals surface area contributed by atoms with Crippen LogP contribution in [0.15, 0.2) is 16.7 Å². The topological polar surface area (TPSA) is 102 Å². The first-order valence-electron chi connectivity index (χ1n) is 11.4. The Morgan fingerprint density at radius 2 is 1.56 bits per heavy atom. The molecule has 0 spiro atoms. The monoisotopic (exact) mass is 443 g/mol. The smallest absolute Gasteiger partial charge is 0.223 e. The molecule has 32 heavy (non-hydrogen) atoms. The first-order chi connectivity index (χ1) is 15.5. The summed E-state index contributed by atoms with van der Waals surface area (Å²) in [5.74, 6) is 2.72. The second-order valence-corrected chi connectivity index (χ2v) is 8.47. The van der Waals surface area contributed by atoms with Gasteiger partial charge in [0.05, 0.1) is 12.3 Å². The van der Waals surface area contributed by atoms with Gasteiger partial charge in [-0.3, -0.25) is 9.69 Å². The molecule has 2 saturated heterocycles. The summed E-state index contributed by atoms with van der Waals surface area (Å²) in [7, 11) is 0. The number of rotatable bonds is 7. The van der Waals surface area contributed by atoms with Crippen LogP contribution in [0.25, 0.3) is 0 Å². The lowest BCUT2D eigenvalue weighted by atomic mass is 10.1. The van der Waals surface area contributed by atoms with Crippen molar-refractivity contribution in [1.29, 1.82) is 0 Å². The van der Waals surface area contributed by atoms with Gasteiger partial charge in [0, 0.05) is 70.9 Å². The highest BCUT2D eigenvalue weighted by Gasteiger charge is 2.23. The molecule has 2 aromatic heterocycles. The van der Waals surface area contributed by atoms with Crippen molar-refractivity contribution in [2.24, 2.45) is 0 Å². The fourth-order valence-corrected chi connectivity index (χ4v) is 4.43. The molecule has 10 heteroatoms. The number of aliphatic hydroxyl groups excluding tert-OH is 1. The zero-order valence-corrected chi connectivity index (χ0v) is 19.0. The van der Waals surface area contributed by atoms with Crippen LogP contribution in [-0.2, 0) is 11.2 Å². The Bertz CT molecular complexity index is 866. The Morgan fingerprint density at radius 1 is 0.969 bits per heavy atom. The van der Waals surface area contributed by atoms with Crippen molar-refractivity contribution in [3.05, 3.63) is 29.2 Å². The summed E-state index contributed by atoms with van der Waals surface area (Å²) in [6.45, 7) is 11.3. The van der Waals surface area contributed by atoms with Gasteiger partial charge in [0.1, 0.15) is 5.76 Å². The molecule has 0 aliphatic carbocycles. The van der Waals surface area contributed by atoms with E-state index >= 15 is 0 Å². The molecule has 0 bridgehead atoms. The van der Waals surface area contributed by atoms with Crippen LogP contribution >= 0.6 is 0 Å². The van der Waals surface area contributed by atoms with Gasteiger partial charge in [-0.1, -0.05) is 5.16 Å². The molecule has 1 amide bonds. The lowest BCUT2D eigenvalue weighted by molar-refractivity contribution is -0.131. The second-order valence-electron chi connectivity index (χ2n) is 8.47. The number of hydrogen-bond donors (Lipinski definition) is 1. The maximum absolute atomic E-state index is 12.6. The highest BCUT2D eigenvalue weighted by Crippen LogP contribution is 2.19. The summed E-state index contributed by atoms with van der Waals surface area (Å²) >= 11 is 0. The van der Waals surface area contributed by atoms with E-state index in [2.05, 4.69) is 30.1 Å². The van der Waals surface area contributed by atoms with E-state index < -0.39 is 0 Å². The van der Waals surface area contributed by atoms with Crippen molar-refractivity contribution in [1.82, 2.24) is 25.2 Å². The van der Waals surface area contributed by atoms with E-state index in [1.54, 1.807) is 0 Å². The number of nitrogens with zero attached hydrogens (tertiary/aromatic N) is 7. The Morgan fingerprint density at radius 3 is 2.06 bits per heavy atom. The van der Waals surface area contributed by atoms with Crippen LogP contribution in [0, 0.1) is 13.8 Å². The number of carbonyl (C=O) groups is 1. The third-order valence-electron chi connectivity index (χ3n) is 6.48. The Labute approximate surface area is 188 Å². The zero-order chi connectivity index (χ0) is 22.5. The number of anilines is 2. The molecule has 2 aliphatic heterocycles. The SMILES string of the molecule is Cc1noc(C)c1CCC(=O)N1CCN(c2ccc(N3CCN(CCO)CC3)nn2)CC1. The lowest BCUT2D eigenvalue weighted by Gasteiger charge is -2.36. The Balaban J connectivity index is 1.24. The maximum Gasteiger partial charge on any atom is 0.223 e. The molecule has 0 saturated carbocycles. The van der Waals surface area contributed by atoms with E-state index in [1.807, 2.05) is 30.9 Å². The molecule has 2 fully saturated rings. The summed E-state index contributed by atoms with van der Waals surface area (Å²) in [4.78, 5) is 21.3. The first-order valence-corrected chi connectivity index (χ1v) is 11.4. The summed E-state index contributed by atoms with van der Waals surface area (Å²) in [6, 6.07) is 4.06. The minimum atomic E-state index is 0.173. The molecule has 10 nitrogen and oxygen atoms in total. The fraction of sp³-hybridized carbons (Fsp3) is 0.636. The number of aryl methyl sites for hydroxylation is 2. The maximum atomic E-state index is 12.6. The number of β-amino-alcohol motifs (C(OH)–C–C–N with tert-alkyl or cyclic N) is 1. The zero-order valence-electron chi connectivity index (χ0n) is 19.0. The molecule has 4 rings (SSSR count). The summed E-state index contributed by atoms with van der Waals surface area (Å²) in [5.41, 5.74) is 1.91. The number of hydrogen-bond acceptors (Lipinski definition) is 9. The Kier molecular flexibility index (Phi) is 7.21. The van der Waals surface area contributed by atoms with E-state index in [0.717, 1.165) is 74.5 Å². The predicted molar refractivity (Wildman–Crippen MR) is 121 cm³/mol. The number of aliphatic hydroxyl groups is 1. The molecule has 2 aliphatic rings. The van der Waals surface area contributed by atoms with Gasteiger partial charge in [0.2, 0.25) is 5.91 Å². The minimum absolute atomic E-state index is 0.173. The molecular formula is C22H33N7O3. The third kappa shape index (κ3) is 5.18. The van der Waals surface area contributed by atoms with Gasteiger partial charge in [-0.05, 0) is 32.4 Å². The fourth-order valence-electron chi connectivity index (χ4n) is 4.43. The number of carbonyl (C=O) groups excluding carboxylic acids is 1. The van der Waals surface area contributed by atoms with Crippen molar-refractivity contribution >= 4 is 17.5 Å². The van der Waals surface area contributed by atoms with Gasteiger partial charge < -0.3 is 24.3 Å². The number of aromatic nitrogens is 3. The Hall–Kier alpha value is -2.72. The summed E-state index contributed by atoms with van der Waals surface area (Å²) in [5, 5.41) is 21.9. The average molecular weight is 444 g/mol. The van der Waals surface area contributed by atoms with E-state index in [9.17, 15) is 4.79 Å². The number of amides is 1. The van der Waals surface area contributed by atoms with Gasteiger partial charge in [0.25, 0.3) is 0 Å². The molecule has 4 heterocycles. The van der Waals surface area contributed by atoms with Gasteiger partial charge >= 0.3 is 0 Å². The standard InChI is InChI=1S/C22H33N7O3/c1-17-19(18(2)32-25-17)3-6-22(31)29-13-11-28(12-14-29)21-5-4-20(23-24-21)27-9-7-26(8-10-27)15-16-30/h4-5,30H,3,6-16H2,1-2H3. The summed E-state index contributed by atoms with van der Waals surface area (Å²) in [6.07, 6.45) is 1.14. The van der Waals surface area contributed by atoms with Crippen molar-refractivity contribution in [2.45, 2.75) is 26.7 Å². The molecule has 0 unspecified atom stereocenters. The van der Waals surface area contributed by atoms with Crippen LogP contribution in [0.4, 0.5) is 11.6 Å². The molecule has 1 N–H and O–H groups in total. The van der Waals surface area contributed by atoms with E-state index in [-0.39, 0.29) is 12.5 Å². The molecule has 0 aromatic carbocycles. The van der Waals surface area contributed by atoms with Crippen molar-refractivity contribution in [3.8, 4) is 0 Å². The first kappa shape index (κ1) is 22.5. The largest absolute Gasteiger partial charge is 0.395 e. The second kappa shape index (κ2) is 10.3. The molecule has 2 aromatic rings. The summed E-state index contributed by atoms with van der Waals surface area (Å²) < 4.78 is 5.19. The minimum Gasteiger partial charge on any atom is -0.395 e. The predicted octanol–water partition coefficient (Wildman–Crippen LogP) is 0.477. The highest BCUT2D eigenvalue weighted by molar-refractivity contribution is 5.76. The van der Waals surface area contributed by atoms with Gasteiger partial charge in [-0.25, -0.2) is 0 Å². The quantitative estimate of drug-likeness (QED) is 0.654. The van der Waals surface area contributed by atoms with Crippen LogP contribution in [0.2, 0.25) is 0 Å². The molecule has 174 valence electrons. The van der Waals surface area contributed by atoms with E-state index in [1.165, 1.54) is 0 Å². The van der Waals surface area contributed by atoms with Crippen LogP contribution in [0.3, 0.4) is 0 Å². The van der Waals surface area contributed by atoms with Crippen molar-refractivity contribution in [2.75, 3.05) is 75.3 Å². The molecule has 0 radical (unpaired) electrons. The van der Waals surface area contributed by atoms with E-state index in [0.29, 0.717) is 25.9 Å². The van der Waals surface area contributed by atoms with Crippen LogP contribution in [0.1, 0.15) is 23.4 Å². The molecular weight excluding hydrogens is 410 g/mol.